The van der Waals surface area contributed by atoms with Crippen molar-refractivity contribution in [3.63, 3.8) is 0 Å². The van der Waals surface area contributed by atoms with Crippen LogP contribution in [-0.2, 0) is 9.59 Å². The highest BCUT2D eigenvalue weighted by Gasteiger charge is 2.26. The highest BCUT2D eigenvalue weighted by molar-refractivity contribution is 5.80. The van der Waals surface area contributed by atoms with Gasteiger partial charge in [0.05, 0.1) is 12.5 Å². The molecule has 0 aliphatic carbocycles. The summed E-state index contributed by atoms with van der Waals surface area (Å²) in [6.45, 7) is 5.91. The molecule has 1 aromatic carbocycles. The molecule has 5 nitrogen and oxygen atoms in total. The van der Waals surface area contributed by atoms with Crippen molar-refractivity contribution in [1.82, 2.24) is 4.90 Å². The normalized spacial score (nSPS) is 17.6. The molecule has 0 unspecified atom stereocenters. The van der Waals surface area contributed by atoms with Gasteiger partial charge in [-0.1, -0.05) is 12.1 Å². The third-order valence-electron chi connectivity index (χ3n) is 4.56. The van der Waals surface area contributed by atoms with E-state index in [9.17, 15) is 9.59 Å². The highest BCUT2D eigenvalue weighted by Crippen LogP contribution is 2.20. The first kappa shape index (κ1) is 18.3. The minimum Gasteiger partial charge on any atom is -0.493 e. The van der Waals surface area contributed by atoms with E-state index in [4.69, 9.17) is 10.5 Å². The van der Waals surface area contributed by atoms with Gasteiger partial charge in [0.2, 0.25) is 11.8 Å². The van der Waals surface area contributed by atoms with E-state index < -0.39 is 0 Å². The first-order chi connectivity index (χ1) is 11.5. The highest BCUT2D eigenvalue weighted by atomic mass is 16.5. The van der Waals surface area contributed by atoms with Crippen molar-refractivity contribution in [2.75, 3.05) is 19.7 Å². The predicted molar refractivity (Wildman–Crippen MR) is 93.8 cm³/mol. The minimum atomic E-state index is -0.297. The van der Waals surface area contributed by atoms with Crippen molar-refractivity contribution in [3.8, 4) is 5.75 Å². The summed E-state index contributed by atoms with van der Waals surface area (Å²) in [7, 11) is 0. The van der Waals surface area contributed by atoms with E-state index in [2.05, 4.69) is 12.1 Å². The van der Waals surface area contributed by atoms with E-state index in [0.717, 1.165) is 43.5 Å². The lowest BCUT2D eigenvalue weighted by Crippen LogP contribution is -2.44. The van der Waals surface area contributed by atoms with Crippen LogP contribution < -0.4 is 10.5 Å². The molecule has 1 aliphatic rings. The van der Waals surface area contributed by atoms with Crippen molar-refractivity contribution in [1.29, 1.82) is 0 Å². The fraction of sp³-hybridized carbons (Fsp3) is 0.579. The number of nitrogens with two attached hydrogens (primary N) is 1. The Kier molecular flexibility index (Phi) is 6.64. The summed E-state index contributed by atoms with van der Waals surface area (Å²) in [6, 6.07) is 6.16. The summed E-state index contributed by atoms with van der Waals surface area (Å²) in [5.41, 5.74) is 7.66. The average molecular weight is 332 g/mol. The number of primary amides is 1. The van der Waals surface area contributed by atoms with Gasteiger partial charge < -0.3 is 15.4 Å². The maximum Gasteiger partial charge on any atom is 0.222 e. The number of carbonyl (C=O) groups excluding carboxylic acids is 2. The predicted octanol–water partition coefficient (Wildman–Crippen LogP) is 2.58. The molecule has 1 heterocycles. The molecule has 2 rings (SSSR count). The van der Waals surface area contributed by atoms with Gasteiger partial charge >= 0.3 is 0 Å². The number of piperidine rings is 1. The molecule has 1 aromatic rings. The van der Waals surface area contributed by atoms with Crippen molar-refractivity contribution in [3.05, 3.63) is 29.3 Å². The second-order valence-corrected chi connectivity index (χ2v) is 6.66. The molecular weight excluding hydrogens is 304 g/mol. The number of hydrogen-bond acceptors (Lipinski definition) is 3. The van der Waals surface area contributed by atoms with Gasteiger partial charge in [0.1, 0.15) is 5.75 Å². The first-order valence-corrected chi connectivity index (χ1v) is 8.74. The summed E-state index contributed by atoms with van der Waals surface area (Å²) in [5, 5.41) is 0. The van der Waals surface area contributed by atoms with E-state index in [1.54, 1.807) is 4.90 Å². The molecule has 0 saturated carbocycles. The van der Waals surface area contributed by atoms with E-state index in [1.165, 1.54) is 5.56 Å². The number of amides is 2. The zero-order valence-electron chi connectivity index (χ0n) is 14.7. The molecule has 1 aliphatic heterocycles. The smallest absolute Gasteiger partial charge is 0.222 e. The molecule has 0 aromatic heterocycles. The maximum absolute atomic E-state index is 12.2. The van der Waals surface area contributed by atoms with Gasteiger partial charge in [0, 0.05) is 19.5 Å². The molecular formula is C19H28N2O3. The molecule has 0 bridgehead atoms. The Hall–Kier alpha value is -2.04. The molecule has 2 N–H and O–H groups in total. The van der Waals surface area contributed by atoms with Crippen LogP contribution in [0.4, 0.5) is 0 Å². The van der Waals surface area contributed by atoms with Crippen LogP contribution in [0.3, 0.4) is 0 Å². The fourth-order valence-corrected chi connectivity index (χ4v) is 3.02. The third kappa shape index (κ3) is 5.25. The number of rotatable bonds is 7. The lowest BCUT2D eigenvalue weighted by Gasteiger charge is -2.31. The van der Waals surface area contributed by atoms with Crippen LogP contribution in [-0.4, -0.2) is 36.4 Å². The van der Waals surface area contributed by atoms with Crippen molar-refractivity contribution in [2.45, 2.75) is 46.0 Å². The molecule has 1 atom stereocenters. The molecule has 132 valence electrons. The van der Waals surface area contributed by atoms with E-state index >= 15 is 0 Å². The van der Waals surface area contributed by atoms with Crippen LogP contribution in [0, 0.1) is 19.8 Å². The van der Waals surface area contributed by atoms with Gasteiger partial charge in [-0.05, 0) is 56.7 Å². The Balaban J connectivity index is 1.67. The number of nitrogens with zero attached hydrogens (tertiary/aromatic N) is 1. The first-order valence-electron chi connectivity index (χ1n) is 8.74. The number of benzene rings is 1. The van der Waals surface area contributed by atoms with Crippen LogP contribution >= 0.6 is 0 Å². The Labute approximate surface area is 144 Å². The third-order valence-corrected chi connectivity index (χ3v) is 4.56. The van der Waals surface area contributed by atoms with E-state index in [-0.39, 0.29) is 17.7 Å². The summed E-state index contributed by atoms with van der Waals surface area (Å²) >= 11 is 0. The quantitative estimate of drug-likeness (QED) is 0.780. The van der Waals surface area contributed by atoms with Crippen molar-refractivity contribution < 1.29 is 14.3 Å². The van der Waals surface area contributed by atoms with Gasteiger partial charge in [0.25, 0.3) is 0 Å². The number of hydrogen-bond donors (Lipinski definition) is 1. The number of carbonyl (C=O) groups is 2. The lowest BCUT2D eigenvalue weighted by atomic mass is 9.97. The van der Waals surface area contributed by atoms with Gasteiger partial charge in [-0.3, -0.25) is 9.59 Å². The summed E-state index contributed by atoms with van der Waals surface area (Å²) < 4.78 is 5.81. The zero-order valence-corrected chi connectivity index (χ0v) is 14.7. The van der Waals surface area contributed by atoms with Gasteiger partial charge in [-0.25, -0.2) is 0 Å². The molecule has 2 amide bonds. The number of ether oxygens (including phenoxy) is 1. The molecule has 5 heteroatoms. The largest absolute Gasteiger partial charge is 0.493 e. The summed E-state index contributed by atoms with van der Waals surface area (Å²) in [5.74, 6) is 0.555. The second-order valence-electron chi connectivity index (χ2n) is 6.66. The Morgan fingerprint density at radius 2 is 2.08 bits per heavy atom. The zero-order chi connectivity index (χ0) is 17.5. The summed E-state index contributed by atoms with van der Waals surface area (Å²) in [6.07, 6.45) is 3.78. The SMILES string of the molecule is Cc1ccc(C)c(OCCCCC(=O)N2CCC[C@H](C(N)=O)C2)c1. The fourth-order valence-electron chi connectivity index (χ4n) is 3.02. The molecule has 24 heavy (non-hydrogen) atoms. The van der Waals surface area contributed by atoms with Crippen LogP contribution in [0.25, 0.3) is 0 Å². The Bertz CT molecular complexity index is 586. The molecule has 0 radical (unpaired) electrons. The van der Waals surface area contributed by atoms with Crippen LogP contribution in [0.1, 0.15) is 43.2 Å². The van der Waals surface area contributed by atoms with Gasteiger partial charge in [0.15, 0.2) is 0 Å². The van der Waals surface area contributed by atoms with Crippen molar-refractivity contribution >= 4 is 11.8 Å². The topological polar surface area (TPSA) is 72.6 Å². The monoisotopic (exact) mass is 332 g/mol. The molecule has 1 fully saturated rings. The number of likely N-dealkylation sites (tertiary alicyclic amines) is 1. The van der Waals surface area contributed by atoms with E-state index in [0.29, 0.717) is 19.6 Å². The lowest BCUT2D eigenvalue weighted by molar-refractivity contribution is -0.135. The molecule has 1 saturated heterocycles. The van der Waals surface area contributed by atoms with Crippen LogP contribution in [0.15, 0.2) is 18.2 Å². The van der Waals surface area contributed by atoms with Crippen LogP contribution in [0.2, 0.25) is 0 Å². The minimum absolute atomic E-state index is 0.118. The second kappa shape index (κ2) is 8.71. The van der Waals surface area contributed by atoms with Gasteiger partial charge in [-0.2, -0.15) is 0 Å². The van der Waals surface area contributed by atoms with Crippen molar-refractivity contribution in [2.24, 2.45) is 11.7 Å². The number of unbranched alkanes of at least 4 members (excludes halogenated alkanes) is 1. The van der Waals surface area contributed by atoms with Gasteiger partial charge in [-0.15, -0.1) is 0 Å². The van der Waals surface area contributed by atoms with E-state index in [1.807, 2.05) is 19.9 Å². The maximum atomic E-state index is 12.2. The molecule has 0 spiro atoms. The standard InChI is InChI=1S/C19H28N2O3/c1-14-8-9-15(2)17(12-14)24-11-4-3-7-18(22)21-10-5-6-16(13-21)19(20)23/h8-9,12,16H,3-7,10-11,13H2,1-2H3,(H2,20,23)/t16-/m0/s1. The van der Waals surface area contributed by atoms with Crippen LogP contribution in [0.5, 0.6) is 5.75 Å². The Morgan fingerprint density at radius 1 is 1.29 bits per heavy atom. The average Bonchev–Trinajstić information content (AvgIpc) is 2.57. The number of aryl methyl sites for hydroxylation is 2. The summed E-state index contributed by atoms with van der Waals surface area (Å²) in [4.78, 5) is 25.3. The Morgan fingerprint density at radius 3 is 2.83 bits per heavy atom.